The van der Waals surface area contributed by atoms with Gasteiger partial charge in [-0.1, -0.05) is 19.1 Å². The minimum atomic E-state index is -0.241. The number of carbonyl (C=O) groups is 2. The summed E-state index contributed by atoms with van der Waals surface area (Å²) in [5, 5.41) is 5.51. The molecule has 0 bridgehead atoms. The minimum absolute atomic E-state index is 0.141. The van der Waals surface area contributed by atoms with Crippen LogP contribution in [-0.2, 0) is 9.53 Å². The summed E-state index contributed by atoms with van der Waals surface area (Å²) in [6, 6.07) is 6.91. The number of carbonyl (C=O) groups excluding carboxylic acids is 2. The molecular weight excluding hydrogens is 270 g/mol. The molecule has 6 heteroatoms. The van der Waals surface area contributed by atoms with Gasteiger partial charge < -0.3 is 21.1 Å². The quantitative estimate of drug-likeness (QED) is 0.623. The van der Waals surface area contributed by atoms with E-state index in [0.29, 0.717) is 37.4 Å². The number of ether oxygens (including phenoxy) is 1. The van der Waals surface area contributed by atoms with Crippen molar-refractivity contribution >= 4 is 17.5 Å². The second-order valence-electron chi connectivity index (χ2n) is 4.76. The summed E-state index contributed by atoms with van der Waals surface area (Å²) in [6.07, 6.45) is 0.605. The molecule has 4 N–H and O–H groups in total. The van der Waals surface area contributed by atoms with Gasteiger partial charge in [0.05, 0.1) is 17.9 Å². The van der Waals surface area contributed by atoms with Crippen LogP contribution in [0.5, 0.6) is 0 Å². The first-order valence-corrected chi connectivity index (χ1v) is 6.97. The first-order chi connectivity index (χ1) is 10.1. The molecule has 0 spiro atoms. The van der Waals surface area contributed by atoms with Crippen molar-refractivity contribution in [3.8, 4) is 0 Å². The summed E-state index contributed by atoms with van der Waals surface area (Å²) in [7, 11) is 1.57. The van der Waals surface area contributed by atoms with Crippen LogP contribution in [-0.4, -0.2) is 38.6 Å². The number of hydrogen-bond acceptors (Lipinski definition) is 4. The first kappa shape index (κ1) is 17.1. The molecule has 1 atom stereocenters. The molecule has 0 aliphatic carbocycles. The Kier molecular flexibility index (Phi) is 7.42. The number of nitrogens with two attached hydrogens (primary N) is 1. The van der Waals surface area contributed by atoms with Crippen LogP contribution in [0, 0.1) is 5.92 Å². The molecule has 1 rings (SSSR count). The van der Waals surface area contributed by atoms with Crippen LogP contribution in [0.4, 0.5) is 5.69 Å². The third-order valence-corrected chi connectivity index (χ3v) is 3.07. The fourth-order valence-electron chi connectivity index (χ4n) is 1.79. The fourth-order valence-corrected chi connectivity index (χ4v) is 1.79. The molecule has 2 amide bonds. The van der Waals surface area contributed by atoms with Gasteiger partial charge >= 0.3 is 0 Å². The van der Waals surface area contributed by atoms with E-state index in [4.69, 9.17) is 10.5 Å². The van der Waals surface area contributed by atoms with Crippen molar-refractivity contribution in [1.82, 2.24) is 5.32 Å². The summed E-state index contributed by atoms with van der Waals surface area (Å²) >= 11 is 0. The Morgan fingerprint density at radius 3 is 2.71 bits per heavy atom. The van der Waals surface area contributed by atoms with Crippen molar-refractivity contribution in [3.63, 3.8) is 0 Å². The van der Waals surface area contributed by atoms with Gasteiger partial charge in [-0.15, -0.1) is 0 Å². The highest BCUT2D eigenvalue weighted by atomic mass is 16.5. The zero-order chi connectivity index (χ0) is 15.7. The number of para-hydroxylation sites is 1. The number of hydrogen-bond donors (Lipinski definition) is 3. The zero-order valence-electron chi connectivity index (χ0n) is 12.5. The van der Waals surface area contributed by atoms with Gasteiger partial charge in [0, 0.05) is 19.6 Å². The predicted octanol–water partition coefficient (Wildman–Crippen LogP) is 0.986. The Balaban J connectivity index is 2.74. The summed E-state index contributed by atoms with van der Waals surface area (Å²) in [5.41, 5.74) is 6.38. The van der Waals surface area contributed by atoms with Gasteiger partial charge in [-0.05, 0) is 25.1 Å². The Bertz CT molecular complexity index is 477. The van der Waals surface area contributed by atoms with E-state index in [0.717, 1.165) is 0 Å². The molecule has 0 aliphatic heterocycles. The van der Waals surface area contributed by atoms with E-state index in [1.54, 1.807) is 31.4 Å². The zero-order valence-corrected chi connectivity index (χ0v) is 12.5. The van der Waals surface area contributed by atoms with E-state index in [1.165, 1.54) is 0 Å². The largest absolute Gasteiger partial charge is 0.383 e. The fraction of sp³-hybridized carbons (Fsp3) is 0.467. The first-order valence-electron chi connectivity index (χ1n) is 6.97. The van der Waals surface area contributed by atoms with Crippen molar-refractivity contribution in [2.45, 2.75) is 13.3 Å². The summed E-state index contributed by atoms with van der Waals surface area (Å²) in [4.78, 5) is 24.1. The number of nitrogens with one attached hydrogen (secondary N) is 2. The monoisotopic (exact) mass is 293 g/mol. The molecular formula is C15H23N3O3. The lowest BCUT2D eigenvalue weighted by atomic mass is 10.1. The van der Waals surface area contributed by atoms with Gasteiger partial charge in [0.25, 0.3) is 5.91 Å². The Morgan fingerprint density at radius 1 is 1.33 bits per heavy atom. The van der Waals surface area contributed by atoms with Gasteiger partial charge in [-0.3, -0.25) is 9.59 Å². The van der Waals surface area contributed by atoms with Crippen molar-refractivity contribution < 1.29 is 14.3 Å². The number of methoxy groups -OCH3 is 1. The highest BCUT2D eigenvalue weighted by molar-refractivity contribution is 6.04. The van der Waals surface area contributed by atoms with Gasteiger partial charge in [0.1, 0.15) is 0 Å². The Morgan fingerprint density at radius 2 is 2.05 bits per heavy atom. The molecule has 0 fully saturated rings. The van der Waals surface area contributed by atoms with Crippen molar-refractivity contribution in [1.29, 1.82) is 0 Å². The average Bonchev–Trinajstić information content (AvgIpc) is 2.48. The lowest BCUT2D eigenvalue weighted by Gasteiger charge is -2.14. The molecule has 0 heterocycles. The van der Waals surface area contributed by atoms with Gasteiger partial charge in [-0.25, -0.2) is 0 Å². The maximum Gasteiger partial charge on any atom is 0.253 e. The SMILES string of the molecule is COCCNC(=O)c1ccccc1NC(=O)C(C)CCN. The summed E-state index contributed by atoms with van der Waals surface area (Å²) < 4.78 is 4.88. The molecule has 1 aromatic rings. The van der Waals surface area contributed by atoms with Crippen LogP contribution < -0.4 is 16.4 Å². The lowest BCUT2D eigenvalue weighted by Crippen LogP contribution is -2.29. The van der Waals surface area contributed by atoms with Crippen LogP contribution in [0.15, 0.2) is 24.3 Å². The van der Waals surface area contributed by atoms with E-state index >= 15 is 0 Å². The van der Waals surface area contributed by atoms with E-state index in [-0.39, 0.29) is 17.7 Å². The summed E-state index contributed by atoms with van der Waals surface area (Å²) in [5.74, 6) is -0.577. The third-order valence-electron chi connectivity index (χ3n) is 3.07. The molecule has 1 aromatic carbocycles. The molecule has 6 nitrogen and oxygen atoms in total. The van der Waals surface area contributed by atoms with E-state index in [2.05, 4.69) is 10.6 Å². The van der Waals surface area contributed by atoms with Gasteiger partial charge in [-0.2, -0.15) is 0 Å². The molecule has 0 radical (unpaired) electrons. The van der Waals surface area contributed by atoms with Crippen molar-refractivity contribution in [2.75, 3.05) is 32.1 Å². The smallest absolute Gasteiger partial charge is 0.253 e. The van der Waals surface area contributed by atoms with Crippen LogP contribution >= 0.6 is 0 Å². The second kappa shape index (κ2) is 9.10. The van der Waals surface area contributed by atoms with E-state index < -0.39 is 0 Å². The van der Waals surface area contributed by atoms with Crippen molar-refractivity contribution in [2.24, 2.45) is 11.7 Å². The van der Waals surface area contributed by atoms with E-state index in [1.807, 2.05) is 6.92 Å². The predicted molar refractivity (Wildman–Crippen MR) is 82.1 cm³/mol. The van der Waals surface area contributed by atoms with Crippen LogP contribution in [0.1, 0.15) is 23.7 Å². The minimum Gasteiger partial charge on any atom is -0.383 e. The highest BCUT2D eigenvalue weighted by Gasteiger charge is 2.16. The third kappa shape index (κ3) is 5.53. The number of benzene rings is 1. The molecule has 0 aliphatic rings. The molecule has 116 valence electrons. The van der Waals surface area contributed by atoms with Crippen LogP contribution in [0.2, 0.25) is 0 Å². The topological polar surface area (TPSA) is 93.5 Å². The highest BCUT2D eigenvalue weighted by Crippen LogP contribution is 2.16. The molecule has 0 saturated heterocycles. The summed E-state index contributed by atoms with van der Waals surface area (Å²) in [6.45, 7) is 3.12. The maximum absolute atomic E-state index is 12.1. The van der Waals surface area contributed by atoms with Crippen molar-refractivity contribution in [3.05, 3.63) is 29.8 Å². The molecule has 1 unspecified atom stereocenters. The van der Waals surface area contributed by atoms with Crippen LogP contribution in [0.25, 0.3) is 0 Å². The van der Waals surface area contributed by atoms with E-state index in [9.17, 15) is 9.59 Å². The molecule has 0 aromatic heterocycles. The number of anilines is 1. The van der Waals surface area contributed by atoms with Crippen LogP contribution in [0.3, 0.4) is 0 Å². The average molecular weight is 293 g/mol. The standard InChI is InChI=1S/C15H23N3O3/c1-11(7-8-16)14(19)18-13-6-4-3-5-12(13)15(20)17-9-10-21-2/h3-6,11H,7-10,16H2,1-2H3,(H,17,20)(H,18,19). The molecule has 0 saturated carbocycles. The maximum atomic E-state index is 12.1. The lowest BCUT2D eigenvalue weighted by molar-refractivity contribution is -0.119. The number of amides is 2. The second-order valence-corrected chi connectivity index (χ2v) is 4.76. The Hall–Kier alpha value is -1.92. The molecule has 21 heavy (non-hydrogen) atoms. The van der Waals surface area contributed by atoms with Gasteiger partial charge in [0.2, 0.25) is 5.91 Å². The van der Waals surface area contributed by atoms with Gasteiger partial charge in [0.15, 0.2) is 0 Å². The number of rotatable bonds is 8. The normalized spacial score (nSPS) is 11.8. The Labute approximate surface area is 125 Å².